The Morgan fingerprint density at radius 3 is 1.66 bits per heavy atom. The molecule has 0 spiro atoms. The predicted molar refractivity (Wildman–Crippen MR) is 218 cm³/mol. The maximum atomic E-state index is 13.8. The molecule has 0 atom stereocenters. The van der Waals surface area contributed by atoms with Crippen molar-refractivity contribution in [3.63, 3.8) is 0 Å². The van der Waals surface area contributed by atoms with Gasteiger partial charge >= 0.3 is 46.5 Å². The van der Waals surface area contributed by atoms with Crippen molar-refractivity contribution in [3.05, 3.63) is 140 Å². The van der Waals surface area contributed by atoms with Gasteiger partial charge in [0.25, 0.3) is 5.92 Å². The van der Waals surface area contributed by atoms with Gasteiger partial charge in [-0.15, -0.1) is 0 Å². The highest BCUT2D eigenvalue weighted by molar-refractivity contribution is 9.10. The van der Waals surface area contributed by atoms with E-state index in [1.165, 1.54) is 75.6 Å². The van der Waals surface area contributed by atoms with Gasteiger partial charge in [0, 0.05) is 37.1 Å². The topological polar surface area (TPSA) is 172 Å². The van der Waals surface area contributed by atoms with E-state index in [4.69, 9.17) is 10.2 Å². The molecule has 0 saturated heterocycles. The van der Waals surface area contributed by atoms with E-state index in [0.29, 0.717) is 5.56 Å². The third-order valence-corrected chi connectivity index (χ3v) is 8.71. The first-order valence-corrected chi connectivity index (χ1v) is 19.6. The molecule has 0 aliphatic carbocycles. The normalized spacial score (nSPS) is 12.5. The summed E-state index contributed by atoms with van der Waals surface area (Å²) >= 11 is 5.07. The highest BCUT2D eigenvalue weighted by atomic mass is 79.9. The molecule has 1 aliphatic heterocycles. The van der Waals surface area contributed by atoms with Gasteiger partial charge in [-0.3, -0.25) is 0 Å². The fraction of sp³-hybridized carbons (Fsp3) is 0.310. The standard InChI is InChI=1S/C12H12F2O4.C9H6F2O2.C9H10F2O2.C8H7BrO2.C4H5BrF2O2/c1-3-18-11(16)12(13,14)9-7-5-4-6-8(9)10(15)17-2;10-9(11)5-13-8(12)6-3-1-2-4-7(6)9;10-9(11,6-13)8-4-2-1-3-7(8)5-12;1-11-8(10)6-4-2-3-5-7(6)9;1-2-9-3(8)4(5,6)7/h4-7H,3H2,1-2H3;1-4H,5H2;1-4,12-13H,5-6H2;2-5H,1H3;2H2,1H3. The van der Waals surface area contributed by atoms with E-state index in [0.717, 1.165) is 23.7 Å². The molecule has 4 aromatic carbocycles. The number of methoxy groups -OCH3 is 2. The molecular formula is C42H40Br2F8O12. The van der Waals surface area contributed by atoms with Crippen LogP contribution in [0.15, 0.2) is 102 Å². The van der Waals surface area contributed by atoms with E-state index in [1.54, 1.807) is 24.3 Å². The number of cyclic esters (lactones) is 1. The zero-order chi connectivity index (χ0) is 48.9. The molecule has 0 unspecified atom stereocenters. The Morgan fingerprint density at radius 2 is 1.17 bits per heavy atom. The van der Waals surface area contributed by atoms with Crippen molar-refractivity contribution < 1.29 is 93.0 Å². The van der Waals surface area contributed by atoms with Gasteiger partial charge in [-0.05, 0) is 59.6 Å². The van der Waals surface area contributed by atoms with Crippen molar-refractivity contribution in [2.24, 2.45) is 0 Å². The lowest BCUT2D eigenvalue weighted by molar-refractivity contribution is -0.173. The quantitative estimate of drug-likeness (QED) is 0.0669. The van der Waals surface area contributed by atoms with Gasteiger partial charge in [0.15, 0.2) is 6.61 Å². The fourth-order valence-electron chi connectivity index (χ4n) is 4.72. The number of fused-ring (bicyclic) bond motifs is 1. The molecule has 12 nitrogen and oxygen atoms in total. The maximum absolute atomic E-state index is 13.8. The summed E-state index contributed by atoms with van der Waals surface area (Å²) in [5.41, 5.74) is -1.00. The van der Waals surface area contributed by atoms with Gasteiger partial charge in [0.1, 0.15) is 6.61 Å². The lowest BCUT2D eigenvalue weighted by Gasteiger charge is -2.23. The molecule has 0 saturated carbocycles. The molecule has 1 aliphatic rings. The van der Waals surface area contributed by atoms with Gasteiger partial charge in [-0.25, -0.2) is 24.0 Å². The number of ether oxygens (including phenoxy) is 5. The van der Waals surface area contributed by atoms with Crippen molar-refractivity contribution in [2.75, 3.05) is 40.6 Å². The van der Waals surface area contributed by atoms with Gasteiger partial charge in [0.2, 0.25) is 0 Å². The number of hydrogen-bond acceptors (Lipinski definition) is 12. The van der Waals surface area contributed by atoms with Crippen LogP contribution in [-0.4, -0.2) is 85.5 Å². The number of hydrogen-bond donors (Lipinski definition) is 2. The van der Waals surface area contributed by atoms with Crippen LogP contribution in [0.25, 0.3) is 0 Å². The number of aliphatic hydroxyl groups excluding tert-OH is 2. The van der Waals surface area contributed by atoms with Crippen molar-refractivity contribution in [1.82, 2.24) is 0 Å². The van der Waals surface area contributed by atoms with Crippen LogP contribution in [-0.2, 0) is 57.6 Å². The van der Waals surface area contributed by atoms with Crippen LogP contribution in [0.1, 0.15) is 67.2 Å². The van der Waals surface area contributed by atoms with Crippen LogP contribution in [0, 0.1) is 0 Å². The smallest absolute Gasteiger partial charge is 0.395 e. The highest BCUT2D eigenvalue weighted by Gasteiger charge is 2.45. The predicted octanol–water partition coefficient (Wildman–Crippen LogP) is 9.11. The summed E-state index contributed by atoms with van der Waals surface area (Å²) in [5.74, 6) is -15.4. The summed E-state index contributed by atoms with van der Waals surface area (Å²) in [6, 6.07) is 23.2. The number of carbonyl (C=O) groups excluding carboxylic acids is 5. The average Bonchev–Trinajstić information content (AvgIpc) is 3.28. The van der Waals surface area contributed by atoms with Crippen molar-refractivity contribution in [3.8, 4) is 0 Å². The molecule has 1 heterocycles. The minimum atomic E-state index is -3.89. The number of esters is 5. The monoisotopic (exact) mass is 1050 g/mol. The van der Waals surface area contributed by atoms with Crippen LogP contribution < -0.4 is 0 Å². The van der Waals surface area contributed by atoms with E-state index in [-0.39, 0.29) is 47.0 Å². The molecule has 5 rings (SSSR count). The summed E-state index contributed by atoms with van der Waals surface area (Å²) in [4.78, 5) is 51.1. The molecule has 0 bridgehead atoms. The molecule has 22 heteroatoms. The number of rotatable bonds is 10. The Labute approximate surface area is 377 Å². The maximum Gasteiger partial charge on any atom is 0.395 e. The number of benzene rings is 4. The van der Waals surface area contributed by atoms with Crippen molar-refractivity contribution in [2.45, 2.75) is 43.1 Å². The molecular weight excluding hydrogens is 1010 g/mol. The Hall–Kier alpha value is -5.45. The van der Waals surface area contributed by atoms with Crippen LogP contribution in [0.4, 0.5) is 35.1 Å². The van der Waals surface area contributed by atoms with Crippen LogP contribution in [0.2, 0.25) is 0 Å². The third-order valence-electron chi connectivity index (χ3n) is 7.69. The zero-order valence-corrected chi connectivity index (χ0v) is 37.2. The Morgan fingerprint density at radius 1 is 0.703 bits per heavy atom. The molecule has 64 heavy (non-hydrogen) atoms. The second-order valence-electron chi connectivity index (χ2n) is 12.0. The lowest BCUT2D eigenvalue weighted by Crippen LogP contribution is -2.31. The summed E-state index contributed by atoms with van der Waals surface area (Å²) in [5, 5.41) is 17.2. The second kappa shape index (κ2) is 26.4. The van der Waals surface area contributed by atoms with E-state index >= 15 is 0 Å². The summed E-state index contributed by atoms with van der Waals surface area (Å²) in [6.45, 7) is 0.101. The molecule has 0 amide bonds. The highest BCUT2D eigenvalue weighted by Crippen LogP contribution is 2.35. The number of aliphatic hydroxyl groups is 2. The first-order chi connectivity index (χ1) is 29.9. The minimum absolute atomic E-state index is 0.0416. The van der Waals surface area contributed by atoms with Crippen molar-refractivity contribution >= 4 is 61.7 Å². The number of carbonyl (C=O) groups is 5. The molecule has 0 fully saturated rings. The SMILES string of the molecule is CCOC(=O)C(F)(F)Br.CCOC(=O)C(F)(F)c1ccccc1C(=O)OC.COC(=O)c1ccccc1Br.O=C1OCC(F)(F)c2ccccc21.OCc1ccccc1C(F)(F)CO. The molecule has 2 N–H and O–H groups in total. The van der Waals surface area contributed by atoms with E-state index in [1.807, 2.05) is 22.0 Å². The Kier molecular flexibility index (Phi) is 23.3. The van der Waals surface area contributed by atoms with Crippen molar-refractivity contribution in [1.29, 1.82) is 0 Å². The largest absolute Gasteiger partial charge is 0.465 e. The van der Waals surface area contributed by atoms with Crippen LogP contribution >= 0.6 is 31.9 Å². The number of halogens is 10. The van der Waals surface area contributed by atoms with Gasteiger partial charge < -0.3 is 33.9 Å². The fourth-order valence-corrected chi connectivity index (χ4v) is 5.28. The lowest BCUT2D eigenvalue weighted by atomic mass is 10.00. The summed E-state index contributed by atoms with van der Waals surface area (Å²) < 4.78 is 126. The molecule has 0 radical (unpaired) electrons. The van der Waals surface area contributed by atoms with Crippen LogP contribution in [0.3, 0.4) is 0 Å². The first-order valence-electron chi connectivity index (χ1n) is 18.0. The Balaban J connectivity index is 0.000000408. The number of alkyl halides is 9. The van der Waals surface area contributed by atoms with Crippen LogP contribution in [0.5, 0.6) is 0 Å². The third kappa shape index (κ3) is 16.9. The van der Waals surface area contributed by atoms with Gasteiger partial charge in [0.05, 0.1) is 50.7 Å². The molecule has 0 aromatic heterocycles. The second-order valence-corrected chi connectivity index (χ2v) is 13.9. The van der Waals surface area contributed by atoms with Gasteiger partial charge in [-0.1, -0.05) is 72.8 Å². The Bertz CT molecular complexity index is 2170. The first kappa shape index (κ1) is 56.6. The molecule has 350 valence electrons. The molecule has 4 aromatic rings. The van der Waals surface area contributed by atoms with Gasteiger partial charge in [-0.2, -0.15) is 35.1 Å². The summed E-state index contributed by atoms with van der Waals surface area (Å²) in [7, 11) is 2.43. The minimum Gasteiger partial charge on any atom is -0.465 e. The van der Waals surface area contributed by atoms with E-state index in [9.17, 15) is 59.1 Å². The van der Waals surface area contributed by atoms with E-state index < -0.39 is 71.9 Å². The summed E-state index contributed by atoms with van der Waals surface area (Å²) in [6.07, 6.45) is 0. The zero-order valence-electron chi connectivity index (χ0n) is 34.0. The van der Waals surface area contributed by atoms with E-state index in [2.05, 4.69) is 39.6 Å². The average molecular weight is 1050 g/mol.